The Morgan fingerprint density at radius 1 is 1.67 bits per heavy atom. The van der Waals surface area contributed by atoms with Gasteiger partial charge in [0.25, 0.3) is 0 Å². The number of nitrogens with zero attached hydrogens (tertiary/aromatic N) is 1. The predicted octanol–water partition coefficient (Wildman–Crippen LogP) is 2.03. The van der Waals surface area contributed by atoms with Crippen LogP contribution in [-0.4, -0.2) is 4.98 Å². The molecule has 1 rings (SSSR count). The molecular formula is C5H4BrIN2. The summed E-state index contributed by atoms with van der Waals surface area (Å²) in [6.45, 7) is 0. The Bertz CT molecular complexity index is 226. The Kier molecular flexibility index (Phi) is 2.29. The molecule has 0 saturated carbocycles. The van der Waals surface area contributed by atoms with Crippen LogP contribution in [0, 0.1) is 3.57 Å². The van der Waals surface area contributed by atoms with E-state index in [9.17, 15) is 0 Å². The number of anilines is 1. The average Bonchev–Trinajstić information content (AvgIpc) is 1.80. The highest BCUT2D eigenvalue weighted by Crippen LogP contribution is 2.16. The molecule has 0 bridgehead atoms. The Balaban J connectivity index is 3.17. The molecule has 0 aliphatic carbocycles. The van der Waals surface area contributed by atoms with Gasteiger partial charge in [0.1, 0.15) is 4.60 Å². The smallest absolute Gasteiger partial charge is 0.108 e. The van der Waals surface area contributed by atoms with Crippen molar-refractivity contribution in [2.45, 2.75) is 0 Å². The summed E-state index contributed by atoms with van der Waals surface area (Å²) in [7, 11) is 0. The molecule has 4 heteroatoms. The van der Waals surface area contributed by atoms with E-state index in [2.05, 4.69) is 43.5 Å². The Morgan fingerprint density at radius 2 is 2.33 bits per heavy atom. The molecule has 48 valence electrons. The monoisotopic (exact) mass is 298 g/mol. The van der Waals surface area contributed by atoms with E-state index < -0.39 is 0 Å². The maximum atomic E-state index is 5.54. The lowest BCUT2D eigenvalue weighted by atomic mass is 10.4. The van der Waals surface area contributed by atoms with Crippen molar-refractivity contribution in [3.63, 3.8) is 0 Å². The molecule has 0 saturated heterocycles. The lowest BCUT2D eigenvalue weighted by Gasteiger charge is -1.94. The first-order chi connectivity index (χ1) is 4.20. The highest BCUT2D eigenvalue weighted by atomic mass is 127. The van der Waals surface area contributed by atoms with Gasteiger partial charge in [-0.3, -0.25) is 0 Å². The topological polar surface area (TPSA) is 38.9 Å². The fraction of sp³-hybridized carbons (Fsp3) is 0. The van der Waals surface area contributed by atoms with Crippen LogP contribution >= 0.6 is 38.5 Å². The fourth-order valence-corrected chi connectivity index (χ4v) is 1.07. The molecule has 9 heavy (non-hydrogen) atoms. The van der Waals surface area contributed by atoms with Crippen molar-refractivity contribution in [1.82, 2.24) is 4.98 Å². The second kappa shape index (κ2) is 2.83. The van der Waals surface area contributed by atoms with Crippen LogP contribution in [0.4, 0.5) is 5.69 Å². The number of hydrogen-bond donors (Lipinski definition) is 1. The van der Waals surface area contributed by atoms with E-state index in [1.54, 1.807) is 12.3 Å². The number of nitrogen functional groups attached to an aromatic ring is 1. The predicted molar refractivity (Wildman–Crippen MR) is 49.1 cm³/mol. The van der Waals surface area contributed by atoms with Gasteiger partial charge in [0, 0.05) is 11.9 Å². The highest BCUT2D eigenvalue weighted by molar-refractivity contribution is 14.1. The van der Waals surface area contributed by atoms with Crippen LogP contribution in [0.25, 0.3) is 0 Å². The Hall–Kier alpha value is 0.160. The second-order valence-electron chi connectivity index (χ2n) is 1.53. The Labute approximate surface area is 75.1 Å². The first-order valence-electron chi connectivity index (χ1n) is 2.26. The van der Waals surface area contributed by atoms with E-state index in [1.165, 1.54) is 0 Å². The molecule has 2 nitrogen and oxygen atoms in total. The minimum atomic E-state index is 0.762. The minimum Gasteiger partial charge on any atom is -0.398 e. The van der Waals surface area contributed by atoms with Gasteiger partial charge >= 0.3 is 0 Å². The lowest BCUT2D eigenvalue weighted by Crippen LogP contribution is -1.89. The largest absolute Gasteiger partial charge is 0.398 e. The quantitative estimate of drug-likeness (QED) is 0.588. The fourth-order valence-electron chi connectivity index (χ4n) is 0.427. The molecule has 0 amide bonds. The third kappa shape index (κ3) is 1.79. The zero-order valence-corrected chi connectivity index (χ0v) is 8.18. The van der Waals surface area contributed by atoms with Gasteiger partial charge in [-0.15, -0.1) is 0 Å². The van der Waals surface area contributed by atoms with E-state index in [0.717, 1.165) is 13.9 Å². The molecule has 1 heterocycles. The van der Waals surface area contributed by atoms with Crippen LogP contribution in [0.1, 0.15) is 0 Å². The molecule has 0 unspecified atom stereocenters. The van der Waals surface area contributed by atoms with Crippen LogP contribution < -0.4 is 5.73 Å². The molecule has 0 aromatic carbocycles. The molecule has 2 N–H and O–H groups in total. The standard InChI is InChI=1S/C5H4BrIN2/c6-5-1-4(8)3(7)2-9-5/h1-2H,(H2,8,9). The summed E-state index contributed by atoms with van der Waals surface area (Å²) in [4.78, 5) is 3.97. The number of rotatable bonds is 0. The maximum Gasteiger partial charge on any atom is 0.108 e. The zero-order valence-electron chi connectivity index (χ0n) is 4.44. The molecule has 0 atom stereocenters. The van der Waals surface area contributed by atoms with E-state index >= 15 is 0 Å². The molecule has 1 aromatic rings. The molecule has 1 aromatic heterocycles. The number of pyridine rings is 1. The molecule has 0 aliphatic rings. The van der Waals surface area contributed by atoms with E-state index in [-0.39, 0.29) is 0 Å². The Morgan fingerprint density at radius 3 is 2.78 bits per heavy atom. The van der Waals surface area contributed by atoms with Gasteiger partial charge in [0.15, 0.2) is 0 Å². The van der Waals surface area contributed by atoms with E-state index in [1.807, 2.05) is 0 Å². The molecular weight excluding hydrogens is 295 g/mol. The van der Waals surface area contributed by atoms with Gasteiger partial charge in [-0.1, -0.05) is 0 Å². The van der Waals surface area contributed by atoms with Gasteiger partial charge in [0.2, 0.25) is 0 Å². The normalized spacial score (nSPS) is 9.56. The molecule has 0 spiro atoms. The third-order valence-corrected chi connectivity index (χ3v) is 2.19. The zero-order chi connectivity index (χ0) is 6.85. The summed E-state index contributed by atoms with van der Waals surface area (Å²) in [5, 5.41) is 0. The summed E-state index contributed by atoms with van der Waals surface area (Å²) in [5.41, 5.74) is 6.30. The molecule has 0 radical (unpaired) electrons. The average molecular weight is 299 g/mol. The summed E-state index contributed by atoms with van der Waals surface area (Å²) >= 11 is 5.33. The van der Waals surface area contributed by atoms with Gasteiger partial charge in [-0.25, -0.2) is 4.98 Å². The summed E-state index contributed by atoms with van der Waals surface area (Å²) in [6, 6.07) is 1.78. The van der Waals surface area contributed by atoms with Gasteiger partial charge in [0.05, 0.1) is 3.57 Å². The van der Waals surface area contributed by atoms with Gasteiger partial charge in [-0.2, -0.15) is 0 Å². The third-order valence-electron chi connectivity index (χ3n) is 0.852. The van der Waals surface area contributed by atoms with Gasteiger partial charge < -0.3 is 5.73 Å². The van der Waals surface area contributed by atoms with E-state index in [4.69, 9.17) is 5.73 Å². The van der Waals surface area contributed by atoms with Crippen molar-refractivity contribution in [3.05, 3.63) is 20.4 Å². The minimum absolute atomic E-state index is 0.762. The summed E-state index contributed by atoms with van der Waals surface area (Å²) < 4.78 is 1.76. The molecule has 0 aliphatic heterocycles. The first-order valence-corrected chi connectivity index (χ1v) is 4.14. The van der Waals surface area contributed by atoms with Crippen molar-refractivity contribution >= 4 is 44.2 Å². The van der Waals surface area contributed by atoms with Crippen LogP contribution in [0.3, 0.4) is 0 Å². The SMILES string of the molecule is Nc1cc(Br)ncc1I. The lowest BCUT2D eigenvalue weighted by molar-refractivity contribution is 1.26. The molecule has 0 fully saturated rings. The van der Waals surface area contributed by atoms with Crippen molar-refractivity contribution in [1.29, 1.82) is 0 Å². The van der Waals surface area contributed by atoms with Crippen molar-refractivity contribution in [2.24, 2.45) is 0 Å². The maximum absolute atomic E-state index is 5.54. The van der Waals surface area contributed by atoms with Crippen LogP contribution in [0.5, 0.6) is 0 Å². The summed E-state index contributed by atoms with van der Waals surface area (Å²) in [6.07, 6.45) is 1.72. The second-order valence-corrected chi connectivity index (χ2v) is 3.50. The number of hydrogen-bond acceptors (Lipinski definition) is 2. The van der Waals surface area contributed by atoms with Crippen LogP contribution in [-0.2, 0) is 0 Å². The number of aromatic nitrogens is 1. The highest BCUT2D eigenvalue weighted by Gasteiger charge is 1.93. The van der Waals surface area contributed by atoms with Gasteiger partial charge in [-0.05, 0) is 44.6 Å². The van der Waals surface area contributed by atoms with Crippen LogP contribution in [0.15, 0.2) is 16.9 Å². The number of nitrogens with two attached hydrogens (primary N) is 1. The van der Waals surface area contributed by atoms with Crippen LogP contribution in [0.2, 0.25) is 0 Å². The number of halogens is 2. The van der Waals surface area contributed by atoms with Crippen molar-refractivity contribution < 1.29 is 0 Å². The first kappa shape index (κ1) is 7.27. The van der Waals surface area contributed by atoms with Crippen molar-refractivity contribution in [3.8, 4) is 0 Å². The van der Waals surface area contributed by atoms with Crippen molar-refractivity contribution in [2.75, 3.05) is 5.73 Å². The van der Waals surface area contributed by atoms with E-state index in [0.29, 0.717) is 0 Å². The summed E-state index contributed by atoms with van der Waals surface area (Å²) in [5.74, 6) is 0.